The molecular formula is C19H20Cl2N4O. The highest BCUT2D eigenvalue weighted by Crippen LogP contribution is 2.22. The second-order valence-electron chi connectivity index (χ2n) is 6.66. The molecular weight excluding hydrogens is 371 g/mol. The van der Waals surface area contributed by atoms with E-state index in [0.717, 1.165) is 43.3 Å². The molecule has 2 aliphatic heterocycles. The van der Waals surface area contributed by atoms with E-state index in [9.17, 15) is 0 Å². The molecule has 4 rings (SSSR count). The van der Waals surface area contributed by atoms with Gasteiger partial charge in [0.1, 0.15) is 11.9 Å². The number of hydrazone groups is 1. The van der Waals surface area contributed by atoms with Gasteiger partial charge in [-0.15, -0.1) is 0 Å². The Labute approximate surface area is 162 Å². The molecule has 26 heavy (non-hydrogen) atoms. The molecule has 2 aromatic rings. The summed E-state index contributed by atoms with van der Waals surface area (Å²) in [4.78, 5) is 2.29. The predicted octanol–water partition coefficient (Wildman–Crippen LogP) is 3.06. The zero-order chi connectivity index (χ0) is 18.1. The van der Waals surface area contributed by atoms with Gasteiger partial charge >= 0.3 is 0 Å². The third-order valence-corrected chi connectivity index (χ3v) is 5.06. The van der Waals surface area contributed by atoms with E-state index in [2.05, 4.69) is 4.90 Å². The maximum atomic E-state index is 6.26. The first-order chi connectivity index (χ1) is 12.6. The maximum Gasteiger partial charge on any atom is 0.124 e. The highest BCUT2D eigenvalue weighted by atomic mass is 35.5. The zero-order valence-electron chi connectivity index (χ0n) is 14.2. The van der Waals surface area contributed by atoms with Crippen LogP contribution in [0.1, 0.15) is 5.56 Å². The van der Waals surface area contributed by atoms with Gasteiger partial charge in [0.2, 0.25) is 0 Å². The SMILES string of the molecule is NC1CN(CN2CC(Oc3ccc(Cl)cc3)C2)N=C1c1ccc(Cl)cc1. The van der Waals surface area contributed by atoms with Gasteiger partial charge in [-0.05, 0) is 42.0 Å². The summed E-state index contributed by atoms with van der Waals surface area (Å²) in [5.74, 6) is 0.852. The first-order valence-corrected chi connectivity index (χ1v) is 9.32. The molecule has 1 atom stereocenters. The molecule has 0 saturated carbocycles. The van der Waals surface area contributed by atoms with Crippen molar-refractivity contribution in [3.05, 3.63) is 64.1 Å². The van der Waals surface area contributed by atoms with Crippen molar-refractivity contribution >= 4 is 28.9 Å². The van der Waals surface area contributed by atoms with Crippen molar-refractivity contribution in [2.24, 2.45) is 10.8 Å². The van der Waals surface area contributed by atoms with E-state index in [-0.39, 0.29) is 12.1 Å². The van der Waals surface area contributed by atoms with Gasteiger partial charge in [0, 0.05) is 23.1 Å². The van der Waals surface area contributed by atoms with Crippen LogP contribution < -0.4 is 10.5 Å². The second kappa shape index (κ2) is 7.45. The van der Waals surface area contributed by atoms with Gasteiger partial charge < -0.3 is 10.5 Å². The third kappa shape index (κ3) is 3.96. The first-order valence-electron chi connectivity index (χ1n) is 8.56. The number of rotatable bonds is 5. The molecule has 2 aromatic carbocycles. The smallest absolute Gasteiger partial charge is 0.124 e. The number of benzene rings is 2. The van der Waals surface area contributed by atoms with E-state index in [4.69, 9.17) is 38.8 Å². The van der Waals surface area contributed by atoms with Crippen LogP contribution in [0.5, 0.6) is 5.75 Å². The molecule has 0 radical (unpaired) electrons. The van der Waals surface area contributed by atoms with E-state index in [1.807, 2.05) is 53.5 Å². The summed E-state index contributed by atoms with van der Waals surface area (Å²) in [6.45, 7) is 3.22. The van der Waals surface area contributed by atoms with Crippen LogP contribution in [0.25, 0.3) is 0 Å². The van der Waals surface area contributed by atoms with Crippen molar-refractivity contribution in [3.8, 4) is 5.75 Å². The second-order valence-corrected chi connectivity index (χ2v) is 7.53. The number of nitrogens with two attached hydrogens (primary N) is 1. The summed E-state index contributed by atoms with van der Waals surface area (Å²) >= 11 is 11.8. The van der Waals surface area contributed by atoms with E-state index in [1.165, 1.54) is 0 Å². The molecule has 7 heteroatoms. The molecule has 1 unspecified atom stereocenters. The van der Waals surface area contributed by atoms with Crippen molar-refractivity contribution < 1.29 is 4.74 Å². The Balaban J connectivity index is 1.29. The van der Waals surface area contributed by atoms with Crippen molar-refractivity contribution in [1.82, 2.24) is 9.91 Å². The van der Waals surface area contributed by atoms with Crippen LogP contribution in [0.15, 0.2) is 53.6 Å². The highest BCUT2D eigenvalue weighted by molar-refractivity contribution is 6.31. The number of likely N-dealkylation sites (tertiary alicyclic amines) is 1. The van der Waals surface area contributed by atoms with Crippen LogP contribution >= 0.6 is 23.2 Å². The molecule has 0 aromatic heterocycles. The molecule has 5 nitrogen and oxygen atoms in total. The summed E-state index contributed by atoms with van der Waals surface area (Å²) < 4.78 is 5.93. The molecule has 0 spiro atoms. The van der Waals surface area contributed by atoms with E-state index in [1.54, 1.807) is 0 Å². The molecule has 0 bridgehead atoms. The van der Waals surface area contributed by atoms with Crippen molar-refractivity contribution in [2.45, 2.75) is 12.1 Å². The summed E-state index contributed by atoms with van der Waals surface area (Å²) in [6.07, 6.45) is 0.201. The predicted molar refractivity (Wildman–Crippen MR) is 105 cm³/mol. The fourth-order valence-corrected chi connectivity index (χ4v) is 3.46. The monoisotopic (exact) mass is 390 g/mol. The summed E-state index contributed by atoms with van der Waals surface area (Å²) in [5, 5.41) is 8.14. The summed E-state index contributed by atoms with van der Waals surface area (Å²) in [7, 11) is 0. The van der Waals surface area contributed by atoms with E-state index < -0.39 is 0 Å². The Kier molecular flexibility index (Phi) is 5.05. The molecule has 136 valence electrons. The van der Waals surface area contributed by atoms with Gasteiger partial charge in [-0.1, -0.05) is 35.3 Å². The Morgan fingerprint density at radius 3 is 2.23 bits per heavy atom. The van der Waals surface area contributed by atoms with Crippen LogP contribution in [-0.2, 0) is 0 Å². The molecule has 2 heterocycles. The minimum absolute atomic E-state index is 0.0847. The lowest BCUT2D eigenvalue weighted by Crippen LogP contribution is -2.56. The average Bonchev–Trinajstić information content (AvgIpc) is 2.96. The van der Waals surface area contributed by atoms with Crippen molar-refractivity contribution in [2.75, 3.05) is 26.3 Å². The minimum atomic E-state index is -0.0847. The Morgan fingerprint density at radius 2 is 1.58 bits per heavy atom. The van der Waals surface area contributed by atoms with Crippen LogP contribution in [0.2, 0.25) is 10.0 Å². The number of hydrogen-bond donors (Lipinski definition) is 1. The van der Waals surface area contributed by atoms with Crippen molar-refractivity contribution in [1.29, 1.82) is 0 Å². The normalized spacial score (nSPS) is 20.8. The van der Waals surface area contributed by atoms with Crippen molar-refractivity contribution in [3.63, 3.8) is 0 Å². The molecule has 1 saturated heterocycles. The quantitative estimate of drug-likeness (QED) is 0.851. The van der Waals surface area contributed by atoms with Gasteiger partial charge in [-0.2, -0.15) is 5.10 Å². The number of halogens is 2. The third-order valence-electron chi connectivity index (χ3n) is 4.55. The zero-order valence-corrected chi connectivity index (χ0v) is 15.7. The van der Waals surface area contributed by atoms with Crippen LogP contribution in [0, 0.1) is 0 Å². The number of nitrogens with zero attached hydrogens (tertiary/aromatic N) is 3. The average molecular weight is 391 g/mol. The Morgan fingerprint density at radius 1 is 0.962 bits per heavy atom. The molecule has 1 fully saturated rings. The Hall–Kier alpha value is -1.79. The lowest BCUT2D eigenvalue weighted by molar-refractivity contribution is -0.0130. The molecule has 2 aliphatic rings. The maximum absolute atomic E-state index is 6.26. The largest absolute Gasteiger partial charge is 0.488 e. The van der Waals surface area contributed by atoms with Crippen LogP contribution in [-0.4, -0.2) is 54.1 Å². The number of ether oxygens (including phenoxy) is 1. The minimum Gasteiger partial charge on any atom is -0.488 e. The van der Waals surface area contributed by atoms with Gasteiger partial charge in [-0.3, -0.25) is 9.91 Å². The van der Waals surface area contributed by atoms with Gasteiger partial charge in [0.15, 0.2) is 0 Å². The highest BCUT2D eigenvalue weighted by Gasteiger charge is 2.32. The number of hydrogen-bond acceptors (Lipinski definition) is 5. The van der Waals surface area contributed by atoms with Gasteiger partial charge in [0.25, 0.3) is 0 Å². The summed E-state index contributed by atoms with van der Waals surface area (Å²) in [6, 6.07) is 15.0. The van der Waals surface area contributed by atoms with Crippen LogP contribution in [0.3, 0.4) is 0 Å². The molecule has 2 N–H and O–H groups in total. The van der Waals surface area contributed by atoms with E-state index >= 15 is 0 Å². The lowest BCUT2D eigenvalue weighted by atomic mass is 10.1. The van der Waals surface area contributed by atoms with Gasteiger partial charge in [-0.25, -0.2) is 0 Å². The standard InChI is InChI=1S/C19H20Cl2N4O/c20-14-3-1-13(2-4-14)19-18(22)11-25(23-19)12-24-9-17(10-24)26-16-7-5-15(21)6-8-16/h1-8,17-18H,9-12,22H2. The van der Waals surface area contributed by atoms with E-state index in [0.29, 0.717) is 10.0 Å². The topological polar surface area (TPSA) is 54.1 Å². The van der Waals surface area contributed by atoms with Crippen LogP contribution in [0.4, 0.5) is 0 Å². The molecule has 0 amide bonds. The first kappa shape index (κ1) is 17.6. The summed E-state index contributed by atoms with van der Waals surface area (Å²) in [5.41, 5.74) is 8.19. The fourth-order valence-electron chi connectivity index (χ4n) is 3.21. The lowest BCUT2D eigenvalue weighted by Gasteiger charge is -2.40. The molecule has 0 aliphatic carbocycles. The fraction of sp³-hybridized carbons (Fsp3) is 0.316. The Bertz CT molecular complexity index is 788. The van der Waals surface area contributed by atoms with Gasteiger partial charge in [0.05, 0.1) is 25.0 Å².